The van der Waals surface area contributed by atoms with Crippen molar-refractivity contribution < 1.29 is 52.9 Å². The maximum atomic E-state index is 13.6. The summed E-state index contributed by atoms with van der Waals surface area (Å²) in [7, 11) is 4.47. The lowest BCUT2D eigenvalue weighted by molar-refractivity contribution is -0.385. The van der Waals surface area contributed by atoms with Gasteiger partial charge in [0, 0.05) is 52.2 Å². The first-order chi connectivity index (χ1) is 25.9. The molecule has 0 saturated carbocycles. The molecule has 3 aliphatic rings. The molecule has 55 heavy (non-hydrogen) atoms. The van der Waals surface area contributed by atoms with Crippen molar-refractivity contribution in [1.29, 1.82) is 0 Å². The normalized spacial score (nSPS) is 24.3. The largest absolute Gasteiger partial charge is 0.495 e. The molecule has 5 atom stereocenters. The number of alkyl carbamates (subject to hydrolysis) is 1. The van der Waals surface area contributed by atoms with Gasteiger partial charge in [0.25, 0.3) is 11.6 Å². The number of fused-ring (bicyclic) bond motifs is 5. The number of alkyl halides is 1. The van der Waals surface area contributed by atoms with Gasteiger partial charge in [0.2, 0.25) is 5.91 Å². The number of methoxy groups -OCH3 is 1. The van der Waals surface area contributed by atoms with Crippen LogP contribution in [0.5, 0.6) is 5.75 Å². The second kappa shape index (κ2) is 19.7. The third-order valence-electron chi connectivity index (χ3n) is 9.14. The number of nitro groups is 1. The Morgan fingerprint density at radius 1 is 1.22 bits per heavy atom. The Morgan fingerprint density at radius 3 is 2.53 bits per heavy atom. The van der Waals surface area contributed by atoms with E-state index in [1.54, 1.807) is 19.1 Å². The number of likely N-dealkylation sites (N-methyl/N-ethyl adjacent to an activating group) is 1. The van der Waals surface area contributed by atoms with Crippen LogP contribution in [0, 0.1) is 15.9 Å². The number of nitro benzene ring substituents is 1. The number of non-ortho nitro benzene ring substituents is 1. The fourth-order valence-electron chi connectivity index (χ4n) is 5.91. The standard InChI is InChI=1S/C25H31ClN2O6.C11H11FN2O5.CH3Cl/c1-15-6-4-5-9-25(31)14-17(33-24(30)27-25)13-20-19(34-20)7-8-22(29)28(2)18-11-16(10-15)12-21(32-3)23(18)26;1-6(11(16)17)13(2)10(15)8-4-3-7(14(18)19)5-9(8)12;1-2/h4-6,11-12,17,19-20,31H,7-10,13-14H2,1-3H3,(H,27,30);3-6H,1-2H3,(H,16,17);1H3/b5-4+,15-6+;;/t17?,19?,20?,25-;6-;/m10./s1. The second-order valence-electron chi connectivity index (χ2n) is 13.1. The minimum absolute atomic E-state index is 0.0777. The van der Waals surface area contributed by atoms with Gasteiger partial charge in [0.1, 0.15) is 34.5 Å². The highest BCUT2D eigenvalue weighted by atomic mass is 35.5. The number of aliphatic carboxylic acids is 1. The summed E-state index contributed by atoms with van der Waals surface area (Å²) in [4.78, 5) is 59.6. The third-order valence-corrected chi connectivity index (χ3v) is 9.52. The fourth-order valence-corrected chi connectivity index (χ4v) is 6.22. The lowest BCUT2D eigenvalue weighted by Gasteiger charge is -2.36. The molecular weight excluding hydrogens is 766 g/mol. The molecule has 0 aromatic heterocycles. The number of carbonyl (C=O) groups excluding carboxylic acids is 3. The molecule has 3 N–H and O–H groups in total. The number of carboxylic acids is 1. The molecule has 3 unspecified atom stereocenters. The minimum atomic E-state index is -1.37. The van der Waals surface area contributed by atoms with E-state index in [1.165, 1.54) is 20.4 Å². The molecule has 2 aromatic carbocycles. The van der Waals surface area contributed by atoms with E-state index in [0.29, 0.717) is 48.2 Å². The van der Waals surface area contributed by atoms with Gasteiger partial charge in [-0.1, -0.05) is 35.4 Å². The van der Waals surface area contributed by atoms with Crippen molar-refractivity contribution in [3.63, 3.8) is 0 Å². The maximum Gasteiger partial charge on any atom is 0.409 e. The number of carbonyl (C=O) groups is 4. The van der Waals surface area contributed by atoms with Gasteiger partial charge in [-0.05, 0) is 50.5 Å². The lowest BCUT2D eigenvalue weighted by Crippen LogP contribution is -2.56. The highest BCUT2D eigenvalue weighted by molar-refractivity contribution is 6.35. The average molecular weight is 812 g/mol. The monoisotopic (exact) mass is 810 g/mol. The number of hydrogen-bond donors (Lipinski definition) is 3. The number of ether oxygens (including phenoxy) is 3. The zero-order valence-electron chi connectivity index (χ0n) is 31.2. The first-order valence-electron chi connectivity index (χ1n) is 17.1. The number of allylic oxidation sites excluding steroid dienone is 3. The van der Waals surface area contributed by atoms with Crippen molar-refractivity contribution in [1.82, 2.24) is 10.2 Å². The SMILES string of the molecule is CCl.COc1cc2cc(c1Cl)N(C)C(=O)CCC1OC1CC1C[C@](O)(C/C=C/C=C(\C)C2)NC(=O)O1.C[C@@H](C(=O)O)N(C)C(=O)c1ccc([N+](=O)[O-])cc1F. The van der Waals surface area contributed by atoms with E-state index >= 15 is 0 Å². The molecular formula is C37H45Cl2FN4O11. The van der Waals surface area contributed by atoms with E-state index < -0.39 is 57.8 Å². The predicted molar refractivity (Wildman–Crippen MR) is 202 cm³/mol. The number of carboxylic acid groups (broad SMARTS) is 1. The third kappa shape index (κ3) is 12.1. The van der Waals surface area contributed by atoms with Gasteiger partial charge in [-0.2, -0.15) is 0 Å². The summed E-state index contributed by atoms with van der Waals surface area (Å²) in [5.74, 6) is -2.73. The molecule has 4 bridgehead atoms. The summed E-state index contributed by atoms with van der Waals surface area (Å²) in [6, 6.07) is 5.20. The first kappa shape index (κ1) is 44.6. The number of benzene rings is 2. The molecule has 0 spiro atoms. The summed E-state index contributed by atoms with van der Waals surface area (Å²) >= 11 is 11.2. The molecule has 0 radical (unpaired) electrons. The van der Waals surface area contributed by atoms with Crippen molar-refractivity contribution in [2.24, 2.45) is 0 Å². The van der Waals surface area contributed by atoms with Crippen LogP contribution in [0.15, 0.2) is 54.1 Å². The smallest absolute Gasteiger partial charge is 0.409 e. The lowest BCUT2D eigenvalue weighted by atomic mass is 9.96. The molecule has 2 saturated heterocycles. The van der Waals surface area contributed by atoms with Crippen molar-refractivity contribution in [2.75, 3.05) is 32.5 Å². The van der Waals surface area contributed by atoms with Crippen LogP contribution in [-0.4, -0.2) is 102 Å². The zero-order valence-corrected chi connectivity index (χ0v) is 32.7. The number of amides is 3. The number of halogens is 3. The zero-order chi connectivity index (χ0) is 41.2. The van der Waals surface area contributed by atoms with Crippen LogP contribution < -0.4 is 15.0 Å². The average Bonchev–Trinajstić information content (AvgIpc) is 3.89. The number of hydrogen-bond acceptors (Lipinski definition) is 10. The van der Waals surface area contributed by atoms with Gasteiger partial charge < -0.3 is 34.2 Å². The Morgan fingerprint density at radius 2 is 1.91 bits per heavy atom. The van der Waals surface area contributed by atoms with Crippen LogP contribution in [0.2, 0.25) is 5.02 Å². The summed E-state index contributed by atoms with van der Waals surface area (Å²) in [5.41, 5.74) is 0.355. The van der Waals surface area contributed by atoms with E-state index in [9.17, 15) is 38.8 Å². The number of nitrogens with one attached hydrogen (secondary N) is 1. The summed E-state index contributed by atoms with van der Waals surface area (Å²) in [6.45, 7) is 3.26. The van der Waals surface area contributed by atoms with Crippen molar-refractivity contribution in [3.05, 3.63) is 86.2 Å². The van der Waals surface area contributed by atoms with Crippen LogP contribution in [0.4, 0.5) is 20.6 Å². The van der Waals surface area contributed by atoms with E-state index in [4.69, 9.17) is 30.9 Å². The quantitative estimate of drug-likeness (QED) is 0.138. The minimum Gasteiger partial charge on any atom is -0.495 e. The van der Waals surface area contributed by atoms with Gasteiger partial charge in [0.05, 0.1) is 41.6 Å². The Balaban J connectivity index is 0.000000329. The van der Waals surface area contributed by atoms with E-state index in [0.717, 1.165) is 28.2 Å². The van der Waals surface area contributed by atoms with Gasteiger partial charge in [0.15, 0.2) is 0 Å². The van der Waals surface area contributed by atoms with E-state index in [-0.39, 0.29) is 31.0 Å². The van der Waals surface area contributed by atoms with Gasteiger partial charge >= 0.3 is 12.1 Å². The van der Waals surface area contributed by atoms with Gasteiger partial charge in [-0.3, -0.25) is 25.0 Å². The van der Waals surface area contributed by atoms with Crippen LogP contribution >= 0.6 is 23.2 Å². The molecule has 3 heterocycles. The number of epoxide rings is 1. The molecule has 300 valence electrons. The topological polar surface area (TPSA) is 201 Å². The first-order valence-corrected chi connectivity index (χ1v) is 18.2. The summed E-state index contributed by atoms with van der Waals surface area (Å²) < 4.78 is 30.1. The molecule has 3 amide bonds. The van der Waals surface area contributed by atoms with Gasteiger partial charge in [-0.25, -0.2) is 14.0 Å². The van der Waals surface area contributed by atoms with Crippen molar-refractivity contribution in [3.8, 4) is 5.75 Å². The van der Waals surface area contributed by atoms with Crippen LogP contribution in [-0.2, 0) is 25.5 Å². The van der Waals surface area contributed by atoms with Crippen molar-refractivity contribution >= 4 is 58.5 Å². The molecule has 2 fully saturated rings. The fraction of sp³-hybridized carbons (Fsp3) is 0.459. The van der Waals surface area contributed by atoms with Gasteiger partial charge in [-0.15, -0.1) is 11.6 Å². The van der Waals surface area contributed by atoms with Crippen LogP contribution in [0.1, 0.15) is 61.9 Å². The van der Waals surface area contributed by atoms with E-state index in [2.05, 4.69) is 16.9 Å². The summed E-state index contributed by atoms with van der Waals surface area (Å²) in [6.07, 6.45) is 8.33. The number of anilines is 1. The Hall–Kier alpha value is -4.77. The Bertz CT molecular complexity index is 1830. The number of aliphatic hydroxyl groups is 1. The molecule has 18 heteroatoms. The highest BCUT2D eigenvalue weighted by Crippen LogP contribution is 2.38. The molecule has 5 rings (SSSR count). The summed E-state index contributed by atoms with van der Waals surface area (Å²) in [5, 5.41) is 33.0. The molecule has 15 nitrogen and oxygen atoms in total. The number of rotatable bonds is 5. The molecule has 3 aliphatic heterocycles. The predicted octanol–water partition coefficient (Wildman–Crippen LogP) is 6.02. The Kier molecular flexibility index (Phi) is 16.0. The highest BCUT2D eigenvalue weighted by Gasteiger charge is 2.45. The second-order valence-corrected chi connectivity index (χ2v) is 13.5. The van der Waals surface area contributed by atoms with Crippen molar-refractivity contribution in [2.45, 2.75) is 82.5 Å². The van der Waals surface area contributed by atoms with Crippen LogP contribution in [0.25, 0.3) is 0 Å². The molecule has 0 aliphatic carbocycles. The number of nitrogens with zero attached hydrogens (tertiary/aromatic N) is 3. The maximum absolute atomic E-state index is 13.6. The Labute approximate surface area is 327 Å². The van der Waals surface area contributed by atoms with Crippen LogP contribution in [0.3, 0.4) is 0 Å². The molecule has 2 aromatic rings. The van der Waals surface area contributed by atoms with E-state index in [1.807, 2.05) is 37.3 Å².